The molecule has 1 saturated carbocycles. The minimum atomic E-state index is 0.714. The van der Waals surface area contributed by atoms with E-state index in [0.717, 1.165) is 17.9 Å². The predicted molar refractivity (Wildman–Crippen MR) is 63.5 cm³/mol. The molecule has 1 rings (SSSR count). The maximum absolute atomic E-state index is 3.81. The number of hydrogen-bond donors (Lipinski definition) is 1. The minimum Gasteiger partial charge on any atom is -0.311 e. The van der Waals surface area contributed by atoms with Crippen LogP contribution in [0.25, 0.3) is 0 Å². The average Bonchev–Trinajstić information content (AvgIpc) is 2.65. The second-order valence-corrected chi connectivity index (χ2v) is 5.26. The molecule has 0 aromatic rings. The highest BCUT2D eigenvalue weighted by atomic mass is 15.0. The fourth-order valence-electron chi connectivity index (χ4n) is 2.71. The quantitative estimate of drug-likeness (QED) is 0.710. The lowest BCUT2D eigenvalue weighted by Gasteiger charge is -2.28. The molecule has 0 bridgehead atoms. The highest BCUT2D eigenvalue weighted by molar-refractivity contribution is 4.81. The molecule has 2 atom stereocenters. The zero-order chi connectivity index (χ0) is 10.6. The molecule has 1 heteroatoms. The molecule has 1 aliphatic carbocycles. The van der Waals surface area contributed by atoms with Gasteiger partial charge >= 0.3 is 0 Å². The molecule has 1 nitrogen and oxygen atoms in total. The van der Waals surface area contributed by atoms with E-state index < -0.39 is 0 Å². The van der Waals surface area contributed by atoms with E-state index in [1.165, 1.54) is 32.1 Å². The van der Waals surface area contributed by atoms with Gasteiger partial charge in [0.2, 0.25) is 0 Å². The van der Waals surface area contributed by atoms with Gasteiger partial charge in [-0.1, -0.05) is 33.6 Å². The van der Waals surface area contributed by atoms with E-state index in [1.54, 1.807) is 0 Å². The third kappa shape index (κ3) is 3.27. The zero-order valence-corrected chi connectivity index (χ0v) is 10.3. The molecule has 1 N–H and O–H groups in total. The van der Waals surface area contributed by atoms with Gasteiger partial charge in [-0.3, -0.25) is 0 Å². The highest BCUT2D eigenvalue weighted by Crippen LogP contribution is 2.28. The van der Waals surface area contributed by atoms with Crippen LogP contribution in [0.5, 0.6) is 0 Å². The topological polar surface area (TPSA) is 12.0 Å². The van der Waals surface area contributed by atoms with Crippen molar-refractivity contribution in [3.63, 3.8) is 0 Å². The van der Waals surface area contributed by atoms with Crippen molar-refractivity contribution < 1.29 is 0 Å². The zero-order valence-electron chi connectivity index (χ0n) is 10.3. The Morgan fingerprint density at radius 1 is 1.14 bits per heavy atom. The molecular formula is C13H27N. The van der Waals surface area contributed by atoms with Gasteiger partial charge in [-0.15, -0.1) is 0 Å². The van der Waals surface area contributed by atoms with Gasteiger partial charge in [0.1, 0.15) is 0 Å². The lowest BCUT2D eigenvalue weighted by atomic mass is 9.95. The summed E-state index contributed by atoms with van der Waals surface area (Å²) in [5.74, 6) is 1.71. The minimum absolute atomic E-state index is 0.714. The third-order valence-electron chi connectivity index (χ3n) is 3.83. The van der Waals surface area contributed by atoms with Gasteiger partial charge in [0.05, 0.1) is 0 Å². The molecule has 14 heavy (non-hydrogen) atoms. The molecule has 1 fully saturated rings. The summed E-state index contributed by atoms with van der Waals surface area (Å²) in [7, 11) is 0. The second kappa shape index (κ2) is 5.75. The molecular weight excluding hydrogens is 170 g/mol. The summed E-state index contributed by atoms with van der Waals surface area (Å²) in [5.41, 5.74) is 0. The number of hydrogen-bond acceptors (Lipinski definition) is 1. The van der Waals surface area contributed by atoms with Crippen LogP contribution in [0, 0.1) is 11.8 Å². The van der Waals surface area contributed by atoms with Crippen molar-refractivity contribution in [3.8, 4) is 0 Å². The third-order valence-corrected chi connectivity index (χ3v) is 3.83. The van der Waals surface area contributed by atoms with Crippen LogP contribution in [0.15, 0.2) is 0 Å². The molecule has 0 saturated heterocycles. The van der Waals surface area contributed by atoms with Crippen molar-refractivity contribution >= 4 is 0 Å². The van der Waals surface area contributed by atoms with Crippen molar-refractivity contribution in [3.05, 3.63) is 0 Å². The van der Waals surface area contributed by atoms with Gasteiger partial charge < -0.3 is 5.32 Å². The molecule has 0 aromatic carbocycles. The summed E-state index contributed by atoms with van der Waals surface area (Å²) in [4.78, 5) is 0. The first-order chi connectivity index (χ1) is 6.65. The van der Waals surface area contributed by atoms with Crippen molar-refractivity contribution in [2.45, 2.75) is 71.9 Å². The Morgan fingerprint density at radius 2 is 1.71 bits per heavy atom. The first kappa shape index (κ1) is 12.0. The Morgan fingerprint density at radius 3 is 2.14 bits per heavy atom. The van der Waals surface area contributed by atoms with Crippen LogP contribution in [0.3, 0.4) is 0 Å². The first-order valence-electron chi connectivity index (χ1n) is 6.41. The van der Waals surface area contributed by atoms with Crippen molar-refractivity contribution in [2.24, 2.45) is 11.8 Å². The predicted octanol–water partition coefficient (Wildman–Crippen LogP) is 3.59. The summed E-state index contributed by atoms with van der Waals surface area (Å²) < 4.78 is 0. The van der Waals surface area contributed by atoms with Gasteiger partial charge in [0.15, 0.2) is 0 Å². The van der Waals surface area contributed by atoms with Crippen molar-refractivity contribution in [2.75, 3.05) is 0 Å². The molecule has 1 aliphatic rings. The lowest BCUT2D eigenvalue weighted by Crippen LogP contribution is -2.42. The van der Waals surface area contributed by atoms with Gasteiger partial charge in [-0.2, -0.15) is 0 Å². The fourth-order valence-corrected chi connectivity index (χ4v) is 2.71. The van der Waals surface area contributed by atoms with E-state index in [0.29, 0.717) is 6.04 Å². The second-order valence-electron chi connectivity index (χ2n) is 5.26. The summed E-state index contributed by atoms with van der Waals surface area (Å²) in [5, 5.41) is 3.81. The molecule has 0 aliphatic heterocycles. The van der Waals surface area contributed by atoms with Crippen molar-refractivity contribution in [1.82, 2.24) is 5.32 Å². The molecule has 0 heterocycles. The molecule has 84 valence electrons. The number of rotatable bonds is 5. The van der Waals surface area contributed by atoms with E-state index in [1.807, 2.05) is 0 Å². The van der Waals surface area contributed by atoms with Crippen molar-refractivity contribution in [1.29, 1.82) is 0 Å². The van der Waals surface area contributed by atoms with Gasteiger partial charge in [-0.05, 0) is 38.0 Å². The van der Waals surface area contributed by atoms with E-state index >= 15 is 0 Å². The van der Waals surface area contributed by atoms with Crippen LogP contribution in [0.1, 0.15) is 59.8 Å². The maximum Gasteiger partial charge on any atom is 0.00900 e. The average molecular weight is 197 g/mol. The standard InChI is InChI=1S/C13H27N/c1-5-13(10(2)3)14-11(4)12-8-6-7-9-12/h10-14H,5-9H2,1-4H3/t11-,13?/m1/s1. The van der Waals surface area contributed by atoms with Gasteiger partial charge in [-0.25, -0.2) is 0 Å². The SMILES string of the molecule is CCC(N[C@H](C)C1CCCC1)C(C)C. The van der Waals surface area contributed by atoms with E-state index in [-0.39, 0.29) is 0 Å². The Kier molecular flexibility index (Phi) is 4.94. The van der Waals surface area contributed by atoms with Gasteiger partial charge in [0, 0.05) is 12.1 Å². The Hall–Kier alpha value is -0.0400. The van der Waals surface area contributed by atoms with E-state index in [9.17, 15) is 0 Å². The first-order valence-corrected chi connectivity index (χ1v) is 6.41. The summed E-state index contributed by atoms with van der Waals surface area (Å²) in [6.07, 6.45) is 7.06. The molecule has 0 amide bonds. The highest BCUT2D eigenvalue weighted by Gasteiger charge is 2.23. The molecule has 1 unspecified atom stereocenters. The van der Waals surface area contributed by atoms with Crippen LogP contribution in [-0.2, 0) is 0 Å². The van der Waals surface area contributed by atoms with Crippen LogP contribution in [0.2, 0.25) is 0 Å². The van der Waals surface area contributed by atoms with Crippen LogP contribution < -0.4 is 5.32 Å². The van der Waals surface area contributed by atoms with Gasteiger partial charge in [0.25, 0.3) is 0 Å². The summed E-state index contributed by atoms with van der Waals surface area (Å²) >= 11 is 0. The molecule has 0 aromatic heterocycles. The van der Waals surface area contributed by atoms with Crippen LogP contribution in [-0.4, -0.2) is 12.1 Å². The fraction of sp³-hybridized carbons (Fsp3) is 1.00. The molecule has 0 spiro atoms. The van der Waals surface area contributed by atoms with E-state index in [2.05, 4.69) is 33.0 Å². The number of nitrogens with one attached hydrogen (secondary N) is 1. The van der Waals surface area contributed by atoms with E-state index in [4.69, 9.17) is 0 Å². The molecule has 0 radical (unpaired) electrons. The summed E-state index contributed by atoms with van der Waals surface area (Å²) in [6.45, 7) is 9.31. The monoisotopic (exact) mass is 197 g/mol. The Labute approximate surface area is 89.7 Å². The van der Waals surface area contributed by atoms with Crippen LogP contribution >= 0.6 is 0 Å². The maximum atomic E-state index is 3.81. The Bertz CT molecular complexity index is 147. The smallest absolute Gasteiger partial charge is 0.00900 e. The normalized spacial score (nSPS) is 22.9. The lowest BCUT2D eigenvalue weighted by molar-refractivity contribution is 0.294. The Balaban J connectivity index is 2.33. The summed E-state index contributed by atoms with van der Waals surface area (Å²) in [6, 6.07) is 1.44. The largest absolute Gasteiger partial charge is 0.311 e. The van der Waals surface area contributed by atoms with Crippen LogP contribution in [0.4, 0.5) is 0 Å².